The molecule has 0 aromatic heterocycles. The van der Waals surface area contributed by atoms with E-state index in [1.54, 1.807) is 31.4 Å². The Morgan fingerprint density at radius 1 is 1.08 bits per heavy atom. The molecule has 5 nitrogen and oxygen atoms in total. The van der Waals surface area contributed by atoms with Crippen molar-refractivity contribution < 1.29 is 14.3 Å². The summed E-state index contributed by atoms with van der Waals surface area (Å²) in [7, 11) is 1.63. The van der Waals surface area contributed by atoms with E-state index in [1.807, 2.05) is 19.9 Å². The van der Waals surface area contributed by atoms with Crippen LogP contribution in [0.1, 0.15) is 34.0 Å². The zero-order valence-electron chi connectivity index (χ0n) is 14.4. The molecule has 2 rings (SSSR count). The summed E-state index contributed by atoms with van der Waals surface area (Å²) in [5.74, 6) is 0.453. The molecule has 0 radical (unpaired) electrons. The Labute approximate surface area is 142 Å². The first kappa shape index (κ1) is 17.5. The summed E-state index contributed by atoms with van der Waals surface area (Å²) >= 11 is 0. The first-order chi connectivity index (χ1) is 11.4. The number of aryl methyl sites for hydroxylation is 2. The SMILES string of the molecule is COc1cc(C)cc(C)c1CNC(=O)c1ccc(NC(C)=O)cc1. The average Bonchev–Trinajstić information content (AvgIpc) is 2.53. The molecule has 126 valence electrons. The lowest BCUT2D eigenvalue weighted by Gasteiger charge is -2.14. The number of carbonyl (C=O) groups excluding carboxylic acids is 2. The number of anilines is 1. The molecule has 0 atom stereocenters. The van der Waals surface area contributed by atoms with Crippen molar-refractivity contribution in [2.24, 2.45) is 0 Å². The van der Waals surface area contributed by atoms with Crippen LogP contribution in [0.25, 0.3) is 0 Å². The fourth-order valence-corrected chi connectivity index (χ4v) is 2.55. The molecule has 0 aliphatic carbocycles. The van der Waals surface area contributed by atoms with Crippen LogP contribution in [-0.4, -0.2) is 18.9 Å². The quantitative estimate of drug-likeness (QED) is 0.886. The van der Waals surface area contributed by atoms with E-state index in [1.165, 1.54) is 6.92 Å². The van der Waals surface area contributed by atoms with Crippen molar-refractivity contribution in [2.45, 2.75) is 27.3 Å². The normalized spacial score (nSPS) is 10.2. The minimum absolute atomic E-state index is 0.144. The smallest absolute Gasteiger partial charge is 0.251 e. The van der Waals surface area contributed by atoms with Gasteiger partial charge in [-0.1, -0.05) is 6.07 Å². The maximum Gasteiger partial charge on any atom is 0.251 e. The van der Waals surface area contributed by atoms with Crippen molar-refractivity contribution in [1.82, 2.24) is 5.32 Å². The molecule has 24 heavy (non-hydrogen) atoms. The van der Waals surface area contributed by atoms with Crippen molar-refractivity contribution in [1.29, 1.82) is 0 Å². The van der Waals surface area contributed by atoms with Gasteiger partial charge in [-0.3, -0.25) is 9.59 Å². The Hall–Kier alpha value is -2.82. The molecule has 2 aromatic rings. The second-order valence-corrected chi connectivity index (χ2v) is 5.70. The third-order valence-electron chi connectivity index (χ3n) is 3.69. The van der Waals surface area contributed by atoms with E-state index in [2.05, 4.69) is 16.7 Å². The Kier molecular flexibility index (Phi) is 5.58. The van der Waals surface area contributed by atoms with Gasteiger partial charge in [-0.15, -0.1) is 0 Å². The van der Waals surface area contributed by atoms with E-state index in [0.29, 0.717) is 17.8 Å². The van der Waals surface area contributed by atoms with Crippen LogP contribution >= 0.6 is 0 Å². The molecule has 0 saturated heterocycles. The van der Waals surface area contributed by atoms with Crippen LogP contribution in [0.4, 0.5) is 5.69 Å². The average molecular weight is 326 g/mol. The van der Waals surface area contributed by atoms with Gasteiger partial charge in [0.1, 0.15) is 5.75 Å². The van der Waals surface area contributed by atoms with Gasteiger partial charge in [-0.2, -0.15) is 0 Å². The van der Waals surface area contributed by atoms with Crippen molar-refractivity contribution in [2.75, 3.05) is 12.4 Å². The van der Waals surface area contributed by atoms with E-state index < -0.39 is 0 Å². The number of rotatable bonds is 5. The Balaban J connectivity index is 2.07. The van der Waals surface area contributed by atoms with Gasteiger partial charge in [0.05, 0.1) is 7.11 Å². The van der Waals surface area contributed by atoms with Gasteiger partial charge in [-0.25, -0.2) is 0 Å². The summed E-state index contributed by atoms with van der Waals surface area (Å²) in [6, 6.07) is 10.8. The summed E-state index contributed by atoms with van der Waals surface area (Å²) in [6.45, 7) is 5.84. The molecule has 0 aliphatic rings. The van der Waals surface area contributed by atoms with E-state index in [-0.39, 0.29) is 11.8 Å². The van der Waals surface area contributed by atoms with Crippen molar-refractivity contribution >= 4 is 17.5 Å². The minimum atomic E-state index is -0.175. The molecule has 2 amide bonds. The molecular weight excluding hydrogens is 304 g/mol. The third-order valence-corrected chi connectivity index (χ3v) is 3.69. The molecule has 0 heterocycles. The first-order valence-corrected chi connectivity index (χ1v) is 7.70. The monoisotopic (exact) mass is 326 g/mol. The number of ether oxygens (including phenoxy) is 1. The van der Waals surface area contributed by atoms with Crippen LogP contribution in [0, 0.1) is 13.8 Å². The van der Waals surface area contributed by atoms with E-state index in [0.717, 1.165) is 22.4 Å². The predicted octanol–water partition coefficient (Wildman–Crippen LogP) is 3.20. The van der Waals surface area contributed by atoms with Gasteiger partial charge in [0, 0.05) is 30.3 Å². The van der Waals surface area contributed by atoms with Crippen molar-refractivity contribution in [3.8, 4) is 5.75 Å². The summed E-state index contributed by atoms with van der Waals surface area (Å²) in [5, 5.41) is 5.57. The Bertz CT molecular complexity index is 752. The third kappa shape index (κ3) is 4.35. The van der Waals surface area contributed by atoms with Gasteiger partial charge in [0.15, 0.2) is 0 Å². The van der Waals surface area contributed by atoms with Gasteiger partial charge in [0.2, 0.25) is 5.91 Å². The van der Waals surface area contributed by atoms with Crippen LogP contribution in [0.15, 0.2) is 36.4 Å². The van der Waals surface area contributed by atoms with Gasteiger partial charge >= 0.3 is 0 Å². The molecule has 0 aliphatic heterocycles. The lowest BCUT2D eigenvalue weighted by Crippen LogP contribution is -2.23. The molecule has 5 heteroatoms. The van der Waals surface area contributed by atoms with E-state index in [4.69, 9.17) is 4.74 Å². The fourth-order valence-electron chi connectivity index (χ4n) is 2.55. The Morgan fingerprint density at radius 3 is 2.33 bits per heavy atom. The zero-order valence-corrected chi connectivity index (χ0v) is 14.4. The highest BCUT2D eigenvalue weighted by Gasteiger charge is 2.11. The topological polar surface area (TPSA) is 67.4 Å². The van der Waals surface area contributed by atoms with Gasteiger partial charge in [-0.05, 0) is 55.3 Å². The maximum atomic E-state index is 12.3. The summed E-state index contributed by atoms with van der Waals surface area (Å²) in [5.41, 5.74) is 4.36. The van der Waals surface area contributed by atoms with Gasteiger partial charge < -0.3 is 15.4 Å². The number of benzene rings is 2. The molecule has 0 saturated carbocycles. The number of nitrogens with one attached hydrogen (secondary N) is 2. The largest absolute Gasteiger partial charge is 0.496 e. The van der Waals surface area contributed by atoms with Crippen LogP contribution in [-0.2, 0) is 11.3 Å². The highest BCUT2D eigenvalue weighted by molar-refractivity contribution is 5.95. The van der Waals surface area contributed by atoms with Crippen molar-refractivity contribution in [3.05, 3.63) is 58.7 Å². The molecule has 0 bridgehead atoms. The van der Waals surface area contributed by atoms with Gasteiger partial charge in [0.25, 0.3) is 5.91 Å². The summed E-state index contributed by atoms with van der Waals surface area (Å²) in [6.07, 6.45) is 0. The first-order valence-electron chi connectivity index (χ1n) is 7.70. The second-order valence-electron chi connectivity index (χ2n) is 5.70. The highest BCUT2D eigenvalue weighted by Crippen LogP contribution is 2.24. The number of hydrogen-bond acceptors (Lipinski definition) is 3. The molecule has 0 fully saturated rings. The molecule has 2 aromatic carbocycles. The lowest BCUT2D eigenvalue weighted by molar-refractivity contribution is -0.114. The van der Waals surface area contributed by atoms with E-state index in [9.17, 15) is 9.59 Å². The zero-order chi connectivity index (χ0) is 17.7. The minimum Gasteiger partial charge on any atom is -0.496 e. The number of methoxy groups -OCH3 is 1. The fraction of sp³-hybridized carbons (Fsp3) is 0.263. The van der Waals surface area contributed by atoms with Crippen LogP contribution in [0.3, 0.4) is 0 Å². The maximum absolute atomic E-state index is 12.3. The summed E-state index contributed by atoms with van der Waals surface area (Å²) in [4.78, 5) is 23.3. The van der Waals surface area contributed by atoms with Crippen LogP contribution in [0.5, 0.6) is 5.75 Å². The summed E-state index contributed by atoms with van der Waals surface area (Å²) < 4.78 is 5.41. The van der Waals surface area contributed by atoms with Crippen LogP contribution in [0.2, 0.25) is 0 Å². The van der Waals surface area contributed by atoms with Crippen molar-refractivity contribution in [3.63, 3.8) is 0 Å². The predicted molar refractivity (Wildman–Crippen MR) is 94.4 cm³/mol. The lowest BCUT2D eigenvalue weighted by atomic mass is 10.0. The Morgan fingerprint density at radius 2 is 1.75 bits per heavy atom. The molecular formula is C19H22N2O3. The second kappa shape index (κ2) is 7.64. The standard InChI is InChI=1S/C19H22N2O3/c1-12-9-13(2)17(18(10-12)24-4)11-20-19(23)15-5-7-16(8-6-15)21-14(3)22/h5-10H,11H2,1-4H3,(H,20,23)(H,21,22). The van der Waals surface area contributed by atoms with E-state index >= 15 is 0 Å². The highest BCUT2D eigenvalue weighted by atomic mass is 16.5. The molecule has 2 N–H and O–H groups in total. The number of hydrogen-bond donors (Lipinski definition) is 2. The number of carbonyl (C=O) groups is 2. The molecule has 0 spiro atoms. The van der Waals surface area contributed by atoms with Crippen LogP contribution < -0.4 is 15.4 Å². The number of amides is 2. The molecule has 0 unspecified atom stereocenters.